The number of Topliss-reactive ketones (excluding diaryl/α,β-unsaturated/α-hetero) is 1. The Bertz CT molecular complexity index is 345. The second kappa shape index (κ2) is 5.80. The highest BCUT2D eigenvalue weighted by atomic mass is 16.5. The highest BCUT2D eigenvalue weighted by Gasteiger charge is 2.14. The van der Waals surface area contributed by atoms with Gasteiger partial charge in [0.15, 0.2) is 5.78 Å². The molecule has 0 bridgehead atoms. The lowest BCUT2D eigenvalue weighted by molar-refractivity contribution is -0.128. The Morgan fingerprint density at radius 2 is 2.19 bits per heavy atom. The first-order chi connectivity index (χ1) is 7.54. The van der Waals surface area contributed by atoms with Gasteiger partial charge in [0, 0.05) is 18.8 Å². The summed E-state index contributed by atoms with van der Waals surface area (Å²) in [7, 11) is 0. The standard InChI is InChI=1S/C12H20N2O2/c1-5-16-10(4)12(15)8-11-6-7-14(13-11)9(2)3/h6-7,9-10H,5,8H2,1-4H3. The number of rotatable bonds is 6. The van der Waals surface area contributed by atoms with Crippen LogP contribution in [0.25, 0.3) is 0 Å². The quantitative estimate of drug-likeness (QED) is 0.742. The molecule has 0 aromatic carbocycles. The summed E-state index contributed by atoms with van der Waals surface area (Å²) in [6, 6.07) is 2.21. The molecule has 0 saturated carbocycles. The van der Waals surface area contributed by atoms with Gasteiger partial charge in [0.25, 0.3) is 0 Å². The summed E-state index contributed by atoms with van der Waals surface area (Å²) >= 11 is 0. The molecule has 16 heavy (non-hydrogen) atoms. The van der Waals surface area contributed by atoms with Crippen molar-refractivity contribution in [2.45, 2.75) is 46.3 Å². The van der Waals surface area contributed by atoms with Crippen LogP contribution in [0, 0.1) is 0 Å². The fraction of sp³-hybridized carbons (Fsp3) is 0.667. The van der Waals surface area contributed by atoms with E-state index in [9.17, 15) is 4.79 Å². The van der Waals surface area contributed by atoms with E-state index >= 15 is 0 Å². The van der Waals surface area contributed by atoms with E-state index in [1.165, 1.54) is 0 Å². The third-order valence-electron chi connectivity index (χ3n) is 2.42. The van der Waals surface area contributed by atoms with Crippen molar-refractivity contribution in [1.82, 2.24) is 9.78 Å². The maximum atomic E-state index is 11.7. The Morgan fingerprint density at radius 3 is 2.69 bits per heavy atom. The fourth-order valence-electron chi connectivity index (χ4n) is 1.42. The van der Waals surface area contributed by atoms with Crippen LogP contribution in [0.1, 0.15) is 39.4 Å². The average molecular weight is 224 g/mol. The number of nitrogens with zero attached hydrogens (tertiary/aromatic N) is 2. The molecule has 0 aliphatic rings. The van der Waals surface area contributed by atoms with E-state index in [1.54, 1.807) is 6.92 Å². The zero-order valence-corrected chi connectivity index (χ0v) is 10.4. The summed E-state index contributed by atoms with van der Waals surface area (Å²) in [6.45, 7) is 8.35. The van der Waals surface area contributed by atoms with Crippen LogP contribution in [0.2, 0.25) is 0 Å². The molecular weight excluding hydrogens is 204 g/mol. The second-order valence-electron chi connectivity index (χ2n) is 4.12. The number of carbonyl (C=O) groups excluding carboxylic acids is 1. The minimum Gasteiger partial charge on any atom is -0.371 e. The Morgan fingerprint density at radius 1 is 1.50 bits per heavy atom. The zero-order valence-electron chi connectivity index (χ0n) is 10.4. The van der Waals surface area contributed by atoms with Crippen LogP contribution in [-0.4, -0.2) is 28.3 Å². The van der Waals surface area contributed by atoms with Gasteiger partial charge in [0.05, 0.1) is 12.1 Å². The Hall–Kier alpha value is -1.16. The normalized spacial score (nSPS) is 13.1. The minimum atomic E-state index is -0.339. The SMILES string of the molecule is CCOC(C)C(=O)Cc1ccn(C(C)C)n1. The predicted molar refractivity (Wildman–Crippen MR) is 62.4 cm³/mol. The molecule has 1 unspecified atom stereocenters. The summed E-state index contributed by atoms with van der Waals surface area (Å²) in [5, 5.41) is 4.33. The first-order valence-electron chi connectivity index (χ1n) is 5.73. The summed E-state index contributed by atoms with van der Waals surface area (Å²) in [4.78, 5) is 11.7. The number of hydrogen-bond donors (Lipinski definition) is 0. The van der Waals surface area contributed by atoms with Crippen molar-refractivity contribution in [2.75, 3.05) is 6.61 Å². The van der Waals surface area contributed by atoms with Crippen molar-refractivity contribution < 1.29 is 9.53 Å². The first kappa shape index (κ1) is 12.9. The van der Waals surface area contributed by atoms with Crippen LogP contribution < -0.4 is 0 Å². The van der Waals surface area contributed by atoms with Crippen molar-refractivity contribution in [2.24, 2.45) is 0 Å². The molecule has 0 spiro atoms. The molecule has 4 nitrogen and oxygen atoms in total. The van der Waals surface area contributed by atoms with Crippen molar-refractivity contribution in [3.05, 3.63) is 18.0 Å². The molecule has 0 radical (unpaired) electrons. The first-order valence-corrected chi connectivity index (χ1v) is 5.73. The van der Waals surface area contributed by atoms with Crippen LogP contribution in [0.15, 0.2) is 12.3 Å². The molecule has 0 saturated heterocycles. The van der Waals surface area contributed by atoms with Gasteiger partial charge in [0.1, 0.15) is 6.10 Å². The van der Waals surface area contributed by atoms with Gasteiger partial charge in [-0.1, -0.05) is 0 Å². The predicted octanol–water partition coefficient (Wildman–Crippen LogP) is 2.00. The van der Waals surface area contributed by atoms with Gasteiger partial charge in [-0.3, -0.25) is 9.48 Å². The van der Waals surface area contributed by atoms with Gasteiger partial charge in [-0.15, -0.1) is 0 Å². The van der Waals surface area contributed by atoms with E-state index in [1.807, 2.05) is 23.9 Å². The molecule has 1 aromatic heterocycles. The molecule has 1 atom stereocenters. The third kappa shape index (κ3) is 3.45. The highest BCUT2D eigenvalue weighted by Crippen LogP contribution is 2.06. The maximum Gasteiger partial charge on any atom is 0.167 e. The highest BCUT2D eigenvalue weighted by molar-refractivity contribution is 5.84. The fourth-order valence-corrected chi connectivity index (χ4v) is 1.42. The van der Waals surface area contributed by atoms with Crippen molar-refractivity contribution in [3.8, 4) is 0 Å². The summed E-state index contributed by atoms with van der Waals surface area (Å²) in [6.07, 6.45) is 1.91. The lowest BCUT2D eigenvalue weighted by Crippen LogP contribution is -2.22. The third-order valence-corrected chi connectivity index (χ3v) is 2.42. The monoisotopic (exact) mass is 224 g/mol. The number of hydrogen-bond acceptors (Lipinski definition) is 3. The van der Waals surface area contributed by atoms with E-state index in [2.05, 4.69) is 18.9 Å². The molecule has 0 aliphatic carbocycles. The molecular formula is C12H20N2O2. The minimum absolute atomic E-state index is 0.0795. The molecule has 1 aromatic rings. The van der Waals surface area contributed by atoms with E-state index in [0.29, 0.717) is 19.1 Å². The van der Waals surface area contributed by atoms with Crippen LogP contribution in [0.3, 0.4) is 0 Å². The van der Waals surface area contributed by atoms with E-state index in [0.717, 1.165) is 5.69 Å². The molecule has 0 fully saturated rings. The lowest BCUT2D eigenvalue weighted by Gasteiger charge is -2.09. The molecule has 0 aliphatic heterocycles. The smallest absolute Gasteiger partial charge is 0.167 e. The summed E-state index contributed by atoms with van der Waals surface area (Å²) in [5.74, 6) is 0.0795. The van der Waals surface area contributed by atoms with Crippen LogP contribution in [0.4, 0.5) is 0 Å². The second-order valence-corrected chi connectivity index (χ2v) is 4.12. The topological polar surface area (TPSA) is 44.1 Å². The molecule has 90 valence electrons. The summed E-state index contributed by atoms with van der Waals surface area (Å²) < 4.78 is 7.10. The van der Waals surface area contributed by atoms with Gasteiger partial charge in [-0.2, -0.15) is 5.10 Å². The van der Waals surface area contributed by atoms with Gasteiger partial charge in [0.2, 0.25) is 0 Å². The molecule has 4 heteroatoms. The Labute approximate surface area is 96.6 Å². The van der Waals surface area contributed by atoms with E-state index < -0.39 is 0 Å². The molecule has 1 heterocycles. The van der Waals surface area contributed by atoms with Crippen molar-refractivity contribution in [1.29, 1.82) is 0 Å². The van der Waals surface area contributed by atoms with Crippen molar-refractivity contribution in [3.63, 3.8) is 0 Å². The van der Waals surface area contributed by atoms with Gasteiger partial charge in [-0.05, 0) is 33.8 Å². The molecule has 1 rings (SSSR count). The van der Waals surface area contributed by atoms with E-state index in [-0.39, 0.29) is 11.9 Å². The lowest BCUT2D eigenvalue weighted by atomic mass is 10.1. The largest absolute Gasteiger partial charge is 0.371 e. The van der Waals surface area contributed by atoms with Gasteiger partial charge in [-0.25, -0.2) is 0 Å². The van der Waals surface area contributed by atoms with E-state index in [4.69, 9.17) is 4.74 Å². The van der Waals surface area contributed by atoms with Gasteiger partial charge < -0.3 is 4.74 Å². The summed E-state index contributed by atoms with van der Waals surface area (Å²) in [5.41, 5.74) is 0.810. The van der Waals surface area contributed by atoms with Gasteiger partial charge >= 0.3 is 0 Å². The number of aromatic nitrogens is 2. The Balaban J connectivity index is 2.56. The maximum absolute atomic E-state index is 11.7. The number of carbonyl (C=O) groups is 1. The Kier molecular flexibility index (Phi) is 4.68. The number of ketones is 1. The van der Waals surface area contributed by atoms with Crippen LogP contribution in [-0.2, 0) is 16.0 Å². The molecule has 0 amide bonds. The molecule has 0 N–H and O–H groups in total. The average Bonchev–Trinajstić information content (AvgIpc) is 2.66. The number of ether oxygens (including phenoxy) is 1. The zero-order chi connectivity index (χ0) is 12.1. The van der Waals surface area contributed by atoms with Crippen LogP contribution >= 0.6 is 0 Å². The van der Waals surface area contributed by atoms with Crippen LogP contribution in [0.5, 0.6) is 0 Å². The van der Waals surface area contributed by atoms with Crippen molar-refractivity contribution >= 4 is 5.78 Å².